The molecule has 3 atom stereocenters. The Labute approximate surface area is 204 Å². The number of rotatable bonds is 2. The maximum absolute atomic E-state index is 11.4. The van der Waals surface area contributed by atoms with Crippen LogP contribution in [-0.4, -0.2) is 15.2 Å². The zero-order chi connectivity index (χ0) is 24.6. The highest BCUT2D eigenvalue weighted by atomic mass is 16.5. The normalized spacial score (nSPS) is 27.3. The highest BCUT2D eigenvalue weighted by molar-refractivity contribution is 5.55. The molecule has 5 rings (SSSR count). The van der Waals surface area contributed by atoms with Crippen molar-refractivity contribution < 1.29 is 14.9 Å². The lowest BCUT2D eigenvalue weighted by Crippen LogP contribution is -2.35. The lowest BCUT2D eigenvalue weighted by Gasteiger charge is -2.41. The molecule has 0 amide bonds. The molecule has 2 N–H and O–H groups in total. The van der Waals surface area contributed by atoms with E-state index in [4.69, 9.17) is 9.72 Å². The smallest absolute Gasteiger partial charge is 0.111 e. The zero-order valence-electron chi connectivity index (χ0n) is 21.9. The maximum atomic E-state index is 11.4. The van der Waals surface area contributed by atoms with Crippen LogP contribution < -0.4 is 0 Å². The Morgan fingerprint density at radius 1 is 1.00 bits per heavy atom. The molecule has 1 saturated carbocycles. The molecule has 34 heavy (non-hydrogen) atoms. The van der Waals surface area contributed by atoms with E-state index in [2.05, 4.69) is 58.9 Å². The largest absolute Gasteiger partial charge is 0.388 e. The van der Waals surface area contributed by atoms with Gasteiger partial charge in [0.15, 0.2) is 0 Å². The number of ether oxygens (including phenoxy) is 1. The van der Waals surface area contributed by atoms with Crippen molar-refractivity contribution in [3.8, 4) is 0 Å². The Bertz CT molecular complexity index is 1090. The summed E-state index contributed by atoms with van der Waals surface area (Å²) in [4.78, 5) is 5.11. The van der Waals surface area contributed by atoms with Crippen molar-refractivity contribution in [2.75, 3.05) is 0 Å². The van der Waals surface area contributed by atoms with E-state index in [0.717, 1.165) is 53.6 Å². The number of benzene rings is 1. The minimum atomic E-state index is -0.697. The molecule has 4 heteroatoms. The zero-order valence-corrected chi connectivity index (χ0v) is 21.9. The molecular formula is C30H41NO3. The van der Waals surface area contributed by atoms with Gasteiger partial charge < -0.3 is 14.9 Å². The predicted octanol–water partition coefficient (Wildman–Crippen LogP) is 6.89. The number of aromatic nitrogens is 1. The van der Waals surface area contributed by atoms with Crippen LogP contribution in [-0.2, 0) is 15.8 Å². The Kier molecular flexibility index (Phi) is 5.55. The van der Waals surface area contributed by atoms with E-state index in [0.29, 0.717) is 12.1 Å². The number of hydrogen-bond donors (Lipinski definition) is 2. The molecule has 2 heterocycles. The van der Waals surface area contributed by atoms with Gasteiger partial charge >= 0.3 is 0 Å². The molecule has 1 aliphatic heterocycles. The molecular weight excluding hydrogens is 422 g/mol. The first-order valence-electron chi connectivity index (χ1n) is 13.1. The van der Waals surface area contributed by atoms with Crippen molar-refractivity contribution in [3.63, 3.8) is 0 Å². The van der Waals surface area contributed by atoms with Gasteiger partial charge in [0.2, 0.25) is 0 Å². The molecule has 1 fully saturated rings. The van der Waals surface area contributed by atoms with Gasteiger partial charge in [-0.05, 0) is 52.7 Å². The third-order valence-corrected chi connectivity index (χ3v) is 8.48. The lowest BCUT2D eigenvalue weighted by molar-refractivity contribution is -0.0598. The monoisotopic (exact) mass is 463 g/mol. The van der Waals surface area contributed by atoms with Gasteiger partial charge in [0.25, 0.3) is 0 Å². The standard InChI is InChI=1S/C30H41NO3/c1-17(2)24-22-23(21-20(32)16-29(6,7)27(33)25(21)31-24)30(14-8-9-15-30)34-26(22)18-10-12-19(13-11-18)28(3,4)5/h10-13,17,20,26-27,32-33H,8-9,14-16H2,1-7H3/t20?,26-,27?/m1/s1. The second-order valence-electron chi connectivity index (χ2n) is 12.9. The van der Waals surface area contributed by atoms with E-state index in [9.17, 15) is 10.2 Å². The van der Waals surface area contributed by atoms with E-state index >= 15 is 0 Å². The van der Waals surface area contributed by atoms with Crippen LogP contribution in [0.3, 0.4) is 0 Å². The van der Waals surface area contributed by atoms with Crippen LogP contribution in [0.5, 0.6) is 0 Å². The number of pyridine rings is 1. The molecule has 0 radical (unpaired) electrons. The Balaban J connectivity index is 1.76. The van der Waals surface area contributed by atoms with Gasteiger partial charge in [0.05, 0.1) is 17.4 Å². The van der Waals surface area contributed by atoms with E-state index in [1.54, 1.807) is 0 Å². The van der Waals surface area contributed by atoms with Crippen LogP contribution in [0.4, 0.5) is 0 Å². The third-order valence-electron chi connectivity index (χ3n) is 8.48. The van der Waals surface area contributed by atoms with Gasteiger partial charge in [-0.2, -0.15) is 0 Å². The highest BCUT2D eigenvalue weighted by Crippen LogP contribution is 2.60. The van der Waals surface area contributed by atoms with Gasteiger partial charge in [0.1, 0.15) is 12.2 Å². The quantitative estimate of drug-likeness (QED) is 0.509. The first-order valence-corrected chi connectivity index (χ1v) is 13.1. The fourth-order valence-corrected chi connectivity index (χ4v) is 6.53. The Hall–Kier alpha value is -1.75. The molecule has 184 valence electrons. The SMILES string of the molecule is CC(C)c1nc2c(c3c1[C@@H](c1ccc(C(C)(C)C)cc1)OC31CCCC1)C(O)CC(C)(C)C2O. The van der Waals surface area contributed by atoms with Gasteiger partial charge in [-0.15, -0.1) is 0 Å². The van der Waals surface area contributed by atoms with Crippen LogP contribution in [0.25, 0.3) is 0 Å². The number of aliphatic hydroxyl groups is 2. The Morgan fingerprint density at radius 3 is 2.18 bits per heavy atom. The first kappa shape index (κ1) is 24.0. The molecule has 1 spiro atoms. The molecule has 2 aromatic rings. The van der Waals surface area contributed by atoms with Crippen LogP contribution >= 0.6 is 0 Å². The van der Waals surface area contributed by atoms with Crippen LogP contribution in [0.2, 0.25) is 0 Å². The summed E-state index contributed by atoms with van der Waals surface area (Å²) in [5.41, 5.74) is 6.53. The van der Waals surface area contributed by atoms with E-state index in [-0.39, 0.29) is 17.4 Å². The summed E-state index contributed by atoms with van der Waals surface area (Å²) in [5, 5.41) is 22.8. The summed E-state index contributed by atoms with van der Waals surface area (Å²) in [6.45, 7) is 15.1. The summed E-state index contributed by atoms with van der Waals surface area (Å²) in [5.74, 6) is 0.185. The van der Waals surface area contributed by atoms with E-state index in [1.807, 2.05) is 13.8 Å². The highest BCUT2D eigenvalue weighted by Gasteiger charge is 2.54. The van der Waals surface area contributed by atoms with Crippen molar-refractivity contribution in [1.82, 2.24) is 4.98 Å². The van der Waals surface area contributed by atoms with Crippen molar-refractivity contribution in [2.45, 2.75) is 116 Å². The second kappa shape index (κ2) is 7.88. The van der Waals surface area contributed by atoms with Crippen molar-refractivity contribution >= 4 is 0 Å². The molecule has 1 aromatic heterocycles. The number of fused-ring (bicyclic) bond motifs is 4. The van der Waals surface area contributed by atoms with Gasteiger partial charge in [-0.25, -0.2) is 0 Å². The van der Waals surface area contributed by atoms with Crippen LogP contribution in [0.15, 0.2) is 24.3 Å². The van der Waals surface area contributed by atoms with E-state index in [1.165, 1.54) is 5.56 Å². The molecule has 0 bridgehead atoms. The first-order chi connectivity index (χ1) is 15.9. The van der Waals surface area contributed by atoms with Gasteiger partial charge in [-0.1, -0.05) is 85.6 Å². The number of aliphatic hydroxyl groups excluding tert-OH is 2. The summed E-state index contributed by atoms with van der Waals surface area (Å²) >= 11 is 0. The molecule has 2 unspecified atom stereocenters. The minimum absolute atomic E-state index is 0.0937. The average Bonchev–Trinajstić information content (AvgIpc) is 3.36. The average molecular weight is 464 g/mol. The van der Waals surface area contributed by atoms with Crippen LogP contribution in [0.1, 0.15) is 144 Å². The molecule has 2 aliphatic carbocycles. The molecule has 0 saturated heterocycles. The summed E-state index contributed by atoms with van der Waals surface area (Å²) in [6.07, 6.45) is 3.14. The predicted molar refractivity (Wildman–Crippen MR) is 135 cm³/mol. The summed E-state index contributed by atoms with van der Waals surface area (Å²) in [7, 11) is 0. The van der Waals surface area contributed by atoms with Crippen molar-refractivity contribution in [1.29, 1.82) is 0 Å². The molecule has 1 aromatic carbocycles. The summed E-state index contributed by atoms with van der Waals surface area (Å²) in [6, 6.07) is 8.86. The topological polar surface area (TPSA) is 62.6 Å². The summed E-state index contributed by atoms with van der Waals surface area (Å²) < 4.78 is 7.05. The maximum Gasteiger partial charge on any atom is 0.111 e. The molecule has 4 nitrogen and oxygen atoms in total. The van der Waals surface area contributed by atoms with E-state index < -0.39 is 23.2 Å². The third kappa shape index (κ3) is 3.56. The minimum Gasteiger partial charge on any atom is -0.388 e. The van der Waals surface area contributed by atoms with Gasteiger partial charge in [0, 0.05) is 16.8 Å². The number of hydrogen-bond acceptors (Lipinski definition) is 4. The fourth-order valence-electron chi connectivity index (χ4n) is 6.53. The van der Waals surface area contributed by atoms with Crippen LogP contribution in [0, 0.1) is 5.41 Å². The van der Waals surface area contributed by atoms with Gasteiger partial charge in [-0.3, -0.25) is 4.98 Å². The van der Waals surface area contributed by atoms with Crippen molar-refractivity contribution in [3.05, 3.63) is 63.5 Å². The lowest BCUT2D eigenvalue weighted by atomic mass is 9.69. The number of nitrogens with zero attached hydrogens (tertiary/aromatic N) is 1. The second-order valence-corrected chi connectivity index (χ2v) is 12.9. The van der Waals surface area contributed by atoms with Crippen molar-refractivity contribution in [2.24, 2.45) is 5.41 Å². The molecule has 3 aliphatic rings. The Morgan fingerprint density at radius 2 is 1.62 bits per heavy atom. The fraction of sp³-hybridized carbons (Fsp3) is 0.633.